The molecule has 0 aliphatic heterocycles. The molecule has 0 spiro atoms. The first-order chi connectivity index (χ1) is 14.4. The zero-order valence-corrected chi connectivity index (χ0v) is 16.3. The largest absolute Gasteiger partial charge is 0.427 e. The lowest BCUT2D eigenvalue weighted by molar-refractivity contribution is -0.131. The second-order valence-corrected chi connectivity index (χ2v) is 6.54. The van der Waals surface area contributed by atoms with Crippen molar-refractivity contribution in [2.75, 3.05) is 11.1 Å². The van der Waals surface area contributed by atoms with Crippen molar-refractivity contribution in [3.05, 3.63) is 89.5 Å². The van der Waals surface area contributed by atoms with Crippen LogP contribution in [0.25, 0.3) is 0 Å². The SMILES string of the molecule is CC(=O)Oc1cccc(C(=O)NCc2ccccc2NC(=O)c2ccc(N)cc2)c1. The highest BCUT2D eigenvalue weighted by Crippen LogP contribution is 2.18. The smallest absolute Gasteiger partial charge is 0.308 e. The second kappa shape index (κ2) is 9.38. The van der Waals surface area contributed by atoms with Gasteiger partial charge in [0.15, 0.2) is 0 Å². The highest BCUT2D eigenvalue weighted by molar-refractivity contribution is 6.04. The van der Waals surface area contributed by atoms with Gasteiger partial charge in [-0.15, -0.1) is 0 Å². The Morgan fingerprint density at radius 2 is 1.60 bits per heavy atom. The Kier molecular flexibility index (Phi) is 6.44. The number of ether oxygens (including phenoxy) is 1. The van der Waals surface area contributed by atoms with Gasteiger partial charge in [-0.2, -0.15) is 0 Å². The Balaban J connectivity index is 1.68. The summed E-state index contributed by atoms with van der Waals surface area (Å²) in [6.45, 7) is 1.50. The van der Waals surface area contributed by atoms with Crippen LogP contribution in [-0.2, 0) is 11.3 Å². The van der Waals surface area contributed by atoms with E-state index in [1.165, 1.54) is 13.0 Å². The lowest BCUT2D eigenvalue weighted by Crippen LogP contribution is -2.24. The van der Waals surface area contributed by atoms with Crippen LogP contribution in [0.2, 0.25) is 0 Å². The molecule has 30 heavy (non-hydrogen) atoms. The van der Waals surface area contributed by atoms with Crippen molar-refractivity contribution >= 4 is 29.2 Å². The van der Waals surface area contributed by atoms with Gasteiger partial charge in [0.05, 0.1) is 0 Å². The molecular formula is C23H21N3O4. The van der Waals surface area contributed by atoms with Gasteiger partial charge in [-0.25, -0.2) is 0 Å². The molecule has 4 N–H and O–H groups in total. The maximum atomic E-state index is 12.5. The molecule has 0 aliphatic rings. The first-order valence-electron chi connectivity index (χ1n) is 9.24. The molecule has 7 heteroatoms. The Morgan fingerprint density at radius 1 is 0.867 bits per heavy atom. The first kappa shape index (κ1) is 20.6. The summed E-state index contributed by atoms with van der Waals surface area (Å²) in [5, 5.41) is 5.66. The number of rotatable bonds is 6. The molecule has 0 unspecified atom stereocenters. The van der Waals surface area contributed by atoms with Crippen molar-refractivity contribution < 1.29 is 19.1 Å². The Morgan fingerprint density at radius 3 is 2.33 bits per heavy atom. The maximum absolute atomic E-state index is 12.5. The fourth-order valence-electron chi connectivity index (χ4n) is 2.77. The van der Waals surface area contributed by atoms with E-state index in [2.05, 4.69) is 10.6 Å². The second-order valence-electron chi connectivity index (χ2n) is 6.54. The van der Waals surface area contributed by atoms with E-state index in [-0.39, 0.29) is 18.4 Å². The van der Waals surface area contributed by atoms with E-state index < -0.39 is 5.97 Å². The molecule has 0 radical (unpaired) electrons. The normalized spacial score (nSPS) is 10.2. The predicted octanol–water partition coefficient (Wildman–Crippen LogP) is 3.38. The zero-order chi connectivity index (χ0) is 21.5. The molecule has 3 rings (SSSR count). The summed E-state index contributed by atoms with van der Waals surface area (Å²) < 4.78 is 5.01. The number of nitrogens with two attached hydrogens (primary N) is 1. The van der Waals surface area contributed by atoms with E-state index in [0.29, 0.717) is 28.3 Å². The molecule has 2 amide bonds. The van der Waals surface area contributed by atoms with E-state index >= 15 is 0 Å². The molecule has 3 aromatic rings. The number of nitrogen functional groups attached to an aromatic ring is 1. The predicted molar refractivity (Wildman–Crippen MR) is 114 cm³/mol. The number of para-hydroxylation sites is 1. The Bertz CT molecular complexity index is 1080. The zero-order valence-electron chi connectivity index (χ0n) is 16.3. The summed E-state index contributed by atoms with van der Waals surface area (Å²) in [5.41, 5.74) is 8.40. The third-order valence-electron chi connectivity index (χ3n) is 4.24. The van der Waals surface area contributed by atoms with Gasteiger partial charge >= 0.3 is 5.97 Å². The molecule has 152 valence electrons. The van der Waals surface area contributed by atoms with Crippen LogP contribution in [0.3, 0.4) is 0 Å². The average Bonchev–Trinajstić information content (AvgIpc) is 2.73. The van der Waals surface area contributed by atoms with Crippen LogP contribution in [0.4, 0.5) is 11.4 Å². The fourth-order valence-corrected chi connectivity index (χ4v) is 2.77. The quantitative estimate of drug-likeness (QED) is 0.332. The average molecular weight is 403 g/mol. The van der Waals surface area contributed by atoms with Crippen molar-refractivity contribution in [2.45, 2.75) is 13.5 Å². The number of amides is 2. The van der Waals surface area contributed by atoms with Gasteiger partial charge in [-0.05, 0) is 54.1 Å². The maximum Gasteiger partial charge on any atom is 0.308 e. The highest BCUT2D eigenvalue weighted by atomic mass is 16.5. The first-order valence-corrected chi connectivity index (χ1v) is 9.24. The van der Waals surface area contributed by atoms with Gasteiger partial charge in [0, 0.05) is 36.0 Å². The number of anilines is 2. The minimum Gasteiger partial charge on any atom is -0.427 e. The lowest BCUT2D eigenvalue weighted by atomic mass is 10.1. The monoisotopic (exact) mass is 403 g/mol. The minimum absolute atomic E-state index is 0.203. The van der Waals surface area contributed by atoms with E-state index in [0.717, 1.165) is 5.56 Å². The molecular weight excluding hydrogens is 382 g/mol. The highest BCUT2D eigenvalue weighted by Gasteiger charge is 2.11. The number of benzene rings is 3. The summed E-state index contributed by atoms with van der Waals surface area (Å²) in [6.07, 6.45) is 0. The van der Waals surface area contributed by atoms with Crippen LogP contribution >= 0.6 is 0 Å². The summed E-state index contributed by atoms with van der Waals surface area (Å²) >= 11 is 0. The fraction of sp³-hybridized carbons (Fsp3) is 0.0870. The van der Waals surface area contributed by atoms with Gasteiger partial charge in [-0.1, -0.05) is 24.3 Å². The van der Waals surface area contributed by atoms with Crippen molar-refractivity contribution in [2.24, 2.45) is 0 Å². The molecule has 0 atom stereocenters. The van der Waals surface area contributed by atoms with Crippen LogP contribution in [0.1, 0.15) is 33.2 Å². The van der Waals surface area contributed by atoms with Crippen LogP contribution < -0.4 is 21.1 Å². The van der Waals surface area contributed by atoms with Crippen molar-refractivity contribution in [3.63, 3.8) is 0 Å². The van der Waals surface area contributed by atoms with E-state index in [1.807, 2.05) is 12.1 Å². The third kappa shape index (κ3) is 5.45. The summed E-state index contributed by atoms with van der Waals surface area (Å²) in [4.78, 5) is 36.1. The minimum atomic E-state index is -0.460. The third-order valence-corrected chi connectivity index (χ3v) is 4.24. The molecule has 3 aromatic carbocycles. The summed E-state index contributed by atoms with van der Waals surface area (Å²) in [7, 11) is 0. The Hall–Kier alpha value is -4.13. The summed E-state index contributed by atoms with van der Waals surface area (Å²) in [5.74, 6) is -0.767. The van der Waals surface area contributed by atoms with Crippen LogP contribution in [0.5, 0.6) is 5.75 Å². The van der Waals surface area contributed by atoms with E-state index in [1.54, 1.807) is 54.6 Å². The molecule has 0 aliphatic carbocycles. The van der Waals surface area contributed by atoms with Crippen molar-refractivity contribution in [1.29, 1.82) is 0 Å². The summed E-state index contributed by atoms with van der Waals surface area (Å²) in [6, 6.07) is 20.1. The standard InChI is InChI=1S/C23H21N3O4/c1-15(27)30-20-7-4-6-17(13-20)22(28)25-14-18-5-2-3-8-21(18)26-23(29)16-9-11-19(24)12-10-16/h2-13H,14,24H2,1H3,(H,25,28)(H,26,29). The van der Waals surface area contributed by atoms with Gasteiger partial charge < -0.3 is 21.1 Å². The van der Waals surface area contributed by atoms with Gasteiger partial charge in [0.25, 0.3) is 11.8 Å². The van der Waals surface area contributed by atoms with E-state index in [9.17, 15) is 14.4 Å². The molecule has 0 heterocycles. The van der Waals surface area contributed by atoms with Gasteiger partial charge in [0.2, 0.25) is 0 Å². The van der Waals surface area contributed by atoms with Crippen LogP contribution in [0.15, 0.2) is 72.8 Å². The van der Waals surface area contributed by atoms with Crippen LogP contribution in [-0.4, -0.2) is 17.8 Å². The number of hydrogen-bond donors (Lipinski definition) is 3. The molecule has 0 bridgehead atoms. The molecule has 0 aromatic heterocycles. The molecule has 0 saturated carbocycles. The molecule has 0 saturated heterocycles. The molecule has 7 nitrogen and oxygen atoms in total. The number of carbonyl (C=O) groups excluding carboxylic acids is 3. The topological polar surface area (TPSA) is 111 Å². The number of hydrogen-bond acceptors (Lipinski definition) is 5. The molecule has 0 fully saturated rings. The van der Waals surface area contributed by atoms with E-state index in [4.69, 9.17) is 10.5 Å². The number of esters is 1. The van der Waals surface area contributed by atoms with Crippen molar-refractivity contribution in [1.82, 2.24) is 5.32 Å². The number of nitrogens with one attached hydrogen (secondary N) is 2. The lowest BCUT2D eigenvalue weighted by Gasteiger charge is -2.12. The van der Waals surface area contributed by atoms with Gasteiger partial charge in [-0.3, -0.25) is 14.4 Å². The van der Waals surface area contributed by atoms with Gasteiger partial charge in [0.1, 0.15) is 5.75 Å². The van der Waals surface area contributed by atoms with Crippen molar-refractivity contribution in [3.8, 4) is 5.75 Å². The van der Waals surface area contributed by atoms with Crippen LogP contribution in [0, 0.1) is 0 Å². The Labute approximate surface area is 173 Å². The number of carbonyl (C=O) groups is 3.